The van der Waals surface area contributed by atoms with Crippen LogP contribution in [0.5, 0.6) is 11.5 Å². The normalized spacial score (nSPS) is 17.2. The van der Waals surface area contributed by atoms with Gasteiger partial charge in [-0.2, -0.15) is 0 Å². The fraction of sp³-hybridized carbons (Fsp3) is 0.241. The van der Waals surface area contributed by atoms with Crippen molar-refractivity contribution in [3.8, 4) is 11.5 Å². The minimum Gasteiger partial charge on any atom is -0.507 e. The van der Waals surface area contributed by atoms with Crippen LogP contribution >= 0.6 is 22.9 Å². The number of aliphatic hydroxyl groups is 1. The topological polar surface area (TPSA) is 102 Å². The molecule has 5 rings (SSSR count). The molecule has 2 aromatic heterocycles. The minimum atomic E-state index is -0.979. The van der Waals surface area contributed by atoms with Crippen molar-refractivity contribution in [3.05, 3.63) is 82.1 Å². The molecule has 1 atom stereocenters. The number of carbonyl (C=O) groups excluding carboxylic acids is 2. The van der Waals surface area contributed by atoms with Crippen LogP contribution in [0.1, 0.15) is 43.5 Å². The SMILES string of the molecule is COc1cc(/C(O)=C2\C(=O)C(=O)N(c3nc4ccc(C(C)(C)C)cc4s3)C2c2cccnc2)c(OC)cc1Cl. The van der Waals surface area contributed by atoms with Crippen molar-refractivity contribution in [1.82, 2.24) is 9.97 Å². The van der Waals surface area contributed by atoms with E-state index in [-0.39, 0.29) is 33.1 Å². The van der Waals surface area contributed by atoms with Crippen molar-refractivity contribution in [1.29, 1.82) is 0 Å². The van der Waals surface area contributed by atoms with Crippen LogP contribution in [0.4, 0.5) is 5.13 Å². The number of aliphatic hydroxyl groups excluding tert-OH is 1. The summed E-state index contributed by atoms with van der Waals surface area (Å²) in [6, 6.07) is 11.4. The predicted octanol–water partition coefficient (Wildman–Crippen LogP) is 6.29. The average molecular weight is 564 g/mol. The number of ether oxygens (including phenoxy) is 2. The number of nitrogens with zero attached hydrogens (tertiary/aromatic N) is 3. The monoisotopic (exact) mass is 563 g/mol. The molecule has 1 aliphatic heterocycles. The molecular weight excluding hydrogens is 538 g/mol. The quantitative estimate of drug-likeness (QED) is 0.173. The third kappa shape index (κ3) is 4.62. The van der Waals surface area contributed by atoms with Crippen molar-refractivity contribution in [3.63, 3.8) is 0 Å². The summed E-state index contributed by atoms with van der Waals surface area (Å²) >= 11 is 7.56. The maximum Gasteiger partial charge on any atom is 0.301 e. The molecule has 1 amide bonds. The van der Waals surface area contributed by atoms with Gasteiger partial charge in [-0.3, -0.25) is 19.5 Å². The van der Waals surface area contributed by atoms with E-state index in [4.69, 9.17) is 26.1 Å². The van der Waals surface area contributed by atoms with Crippen LogP contribution in [0.25, 0.3) is 16.0 Å². The van der Waals surface area contributed by atoms with E-state index >= 15 is 0 Å². The first-order valence-corrected chi connectivity index (χ1v) is 13.3. The van der Waals surface area contributed by atoms with Gasteiger partial charge in [0, 0.05) is 18.5 Å². The van der Waals surface area contributed by atoms with Gasteiger partial charge in [-0.1, -0.05) is 55.8 Å². The Balaban J connectivity index is 1.73. The molecule has 0 radical (unpaired) electrons. The van der Waals surface area contributed by atoms with Gasteiger partial charge in [0.2, 0.25) is 0 Å². The Morgan fingerprint density at radius 1 is 1.08 bits per heavy atom. The standard InChI is InChI=1S/C29H26ClN3O5S/c1-29(2,3)16-8-9-19-22(11-16)39-28(32-19)33-24(15-7-6-10-31-14-15)23(26(35)27(33)36)25(34)17-12-21(38-5)18(30)13-20(17)37-4/h6-14,24,34H,1-5H3/b25-23+. The van der Waals surface area contributed by atoms with Gasteiger partial charge in [-0.15, -0.1) is 0 Å². The summed E-state index contributed by atoms with van der Waals surface area (Å²) in [6.07, 6.45) is 3.15. The Kier molecular flexibility index (Phi) is 6.82. The van der Waals surface area contributed by atoms with E-state index in [0.29, 0.717) is 16.2 Å². The number of methoxy groups -OCH3 is 2. The van der Waals surface area contributed by atoms with E-state index in [9.17, 15) is 14.7 Å². The average Bonchev–Trinajstić information content (AvgIpc) is 3.45. The summed E-state index contributed by atoms with van der Waals surface area (Å²) in [7, 11) is 2.85. The molecule has 8 nitrogen and oxygen atoms in total. The number of halogens is 1. The molecule has 200 valence electrons. The number of pyridine rings is 1. The van der Waals surface area contributed by atoms with Crippen molar-refractivity contribution in [2.75, 3.05) is 19.1 Å². The summed E-state index contributed by atoms with van der Waals surface area (Å²) < 4.78 is 11.6. The molecule has 1 saturated heterocycles. The second-order valence-electron chi connectivity index (χ2n) is 10.1. The molecular formula is C29H26ClN3O5S. The first-order valence-electron chi connectivity index (χ1n) is 12.1. The number of Topliss-reactive ketones (excluding diaryl/α,β-unsaturated/α-hetero) is 1. The van der Waals surface area contributed by atoms with Crippen LogP contribution in [0.15, 0.2) is 60.4 Å². The minimum absolute atomic E-state index is 0.0730. The zero-order valence-electron chi connectivity index (χ0n) is 22.0. The molecule has 4 aromatic rings. The van der Waals surface area contributed by atoms with Crippen molar-refractivity contribution < 1.29 is 24.2 Å². The van der Waals surface area contributed by atoms with Gasteiger partial charge in [0.05, 0.1) is 46.6 Å². The summed E-state index contributed by atoms with van der Waals surface area (Å²) in [4.78, 5) is 37.4. The second kappa shape index (κ2) is 9.98. The van der Waals surface area contributed by atoms with Crippen molar-refractivity contribution >= 4 is 55.7 Å². The van der Waals surface area contributed by atoms with Gasteiger partial charge >= 0.3 is 5.91 Å². The van der Waals surface area contributed by atoms with Crippen LogP contribution in [0.2, 0.25) is 5.02 Å². The van der Waals surface area contributed by atoms with E-state index in [0.717, 1.165) is 10.3 Å². The Labute approximate surface area is 234 Å². The van der Waals surface area contributed by atoms with Crippen molar-refractivity contribution in [2.45, 2.75) is 32.2 Å². The molecule has 3 heterocycles. The zero-order valence-corrected chi connectivity index (χ0v) is 23.6. The van der Waals surface area contributed by atoms with Gasteiger partial charge in [-0.25, -0.2) is 4.98 Å². The summed E-state index contributed by atoms with van der Waals surface area (Å²) in [5.74, 6) is -1.60. The fourth-order valence-corrected chi connectivity index (χ4v) is 5.82. The highest BCUT2D eigenvalue weighted by Gasteiger charge is 2.48. The largest absolute Gasteiger partial charge is 0.507 e. The highest BCUT2D eigenvalue weighted by atomic mass is 35.5. The number of amides is 1. The maximum atomic E-state index is 13.6. The van der Waals surface area contributed by atoms with E-state index in [2.05, 4.69) is 31.8 Å². The number of hydrogen-bond donors (Lipinski definition) is 1. The third-order valence-corrected chi connectivity index (χ3v) is 7.94. The molecule has 0 saturated carbocycles. The van der Waals surface area contributed by atoms with Crippen LogP contribution in [0, 0.1) is 0 Å². The van der Waals surface area contributed by atoms with Gasteiger partial charge in [-0.05, 0) is 40.8 Å². The molecule has 10 heteroatoms. The number of anilines is 1. The Morgan fingerprint density at radius 3 is 2.46 bits per heavy atom. The molecule has 1 fully saturated rings. The Morgan fingerprint density at radius 2 is 1.82 bits per heavy atom. The van der Waals surface area contributed by atoms with Crippen LogP contribution in [0.3, 0.4) is 0 Å². The smallest absolute Gasteiger partial charge is 0.301 e. The number of carbonyl (C=O) groups is 2. The lowest BCUT2D eigenvalue weighted by atomic mass is 9.87. The van der Waals surface area contributed by atoms with Crippen molar-refractivity contribution in [2.24, 2.45) is 0 Å². The molecule has 2 aromatic carbocycles. The lowest BCUT2D eigenvalue weighted by Gasteiger charge is -2.23. The summed E-state index contributed by atoms with van der Waals surface area (Å²) in [5.41, 5.74) is 2.33. The molecule has 0 aliphatic carbocycles. The first kappa shape index (κ1) is 26.6. The predicted molar refractivity (Wildman–Crippen MR) is 152 cm³/mol. The summed E-state index contributed by atoms with van der Waals surface area (Å²) in [5, 5.41) is 12.2. The molecule has 1 aliphatic rings. The first-order chi connectivity index (χ1) is 18.5. The Bertz CT molecular complexity index is 1640. The van der Waals surface area contributed by atoms with Crippen LogP contribution < -0.4 is 14.4 Å². The number of benzene rings is 2. The second-order valence-corrected chi connectivity index (χ2v) is 11.5. The highest BCUT2D eigenvalue weighted by Crippen LogP contribution is 2.46. The number of fused-ring (bicyclic) bond motifs is 1. The van der Waals surface area contributed by atoms with Gasteiger partial charge in [0.25, 0.3) is 5.78 Å². The Hall–Kier alpha value is -3.95. The summed E-state index contributed by atoms with van der Waals surface area (Å²) in [6.45, 7) is 6.37. The third-order valence-electron chi connectivity index (χ3n) is 6.62. The number of thiazole rings is 1. The lowest BCUT2D eigenvalue weighted by Crippen LogP contribution is -2.29. The molecule has 0 bridgehead atoms. The van der Waals surface area contributed by atoms with E-state index in [1.807, 2.05) is 12.1 Å². The van der Waals surface area contributed by atoms with Crippen LogP contribution in [-0.4, -0.2) is 41.0 Å². The van der Waals surface area contributed by atoms with E-state index < -0.39 is 23.5 Å². The van der Waals surface area contributed by atoms with Gasteiger partial charge < -0.3 is 14.6 Å². The van der Waals surface area contributed by atoms with Crippen LogP contribution in [-0.2, 0) is 15.0 Å². The molecule has 0 spiro atoms. The zero-order chi connectivity index (χ0) is 28.1. The molecule has 1 unspecified atom stereocenters. The highest BCUT2D eigenvalue weighted by molar-refractivity contribution is 7.22. The van der Waals surface area contributed by atoms with E-state index in [1.54, 1.807) is 24.5 Å². The van der Waals surface area contributed by atoms with E-state index in [1.165, 1.54) is 42.6 Å². The number of rotatable bonds is 5. The van der Waals surface area contributed by atoms with Gasteiger partial charge in [0.1, 0.15) is 17.3 Å². The van der Waals surface area contributed by atoms with Gasteiger partial charge in [0.15, 0.2) is 5.13 Å². The maximum absolute atomic E-state index is 13.6. The number of hydrogen-bond acceptors (Lipinski definition) is 8. The number of aromatic nitrogens is 2. The molecule has 39 heavy (non-hydrogen) atoms. The fourth-order valence-electron chi connectivity index (χ4n) is 4.56. The number of ketones is 1. The molecule has 1 N–H and O–H groups in total. The lowest BCUT2D eigenvalue weighted by molar-refractivity contribution is -0.132.